The Morgan fingerprint density at radius 3 is 1.10 bits per heavy atom. The van der Waals surface area contributed by atoms with Crippen molar-refractivity contribution in [2.24, 2.45) is 0 Å². The van der Waals surface area contributed by atoms with Gasteiger partial charge in [0.05, 0.1) is 0 Å². The summed E-state index contributed by atoms with van der Waals surface area (Å²) in [6, 6.07) is 0. The Kier molecular flexibility index (Phi) is 53.4. The molecule has 392 valence electrons. The van der Waals surface area contributed by atoms with Crippen molar-refractivity contribution in [3.63, 3.8) is 0 Å². The van der Waals surface area contributed by atoms with E-state index in [-0.39, 0.29) is 37.5 Å². The molecule has 0 heterocycles. The van der Waals surface area contributed by atoms with Gasteiger partial charge in [-0.2, -0.15) is 0 Å². The molecule has 0 aromatic carbocycles. The Morgan fingerprint density at radius 2 is 0.638 bits per heavy atom. The fraction of sp³-hybridized carbons (Fsp3) is 0.667. The molecule has 0 N–H and O–H groups in total. The number of carbonyl (C=O) groups is 3. The van der Waals surface area contributed by atoms with Crippen molar-refractivity contribution in [2.75, 3.05) is 13.2 Å². The topological polar surface area (TPSA) is 78.9 Å². The van der Waals surface area contributed by atoms with Crippen LogP contribution in [0.1, 0.15) is 252 Å². The lowest BCUT2D eigenvalue weighted by atomic mass is 10.1. The van der Waals surface area contributed by atoms with Crippen LogP contribution in [-0.2, 0) is 28.6 Å². The zero-order chi connectivity index (χ0) is 50.0. The van der Waals surface area contributed by atoms with Gasteiger partial charge in [0, 0.05) is 19.3 Å². The minimum absolute atomic E-state index is 0.112. The maximum atomic E-state index is 12.9. The van der Waals surface area contributed by atoms with Gasteiger partial charge in [0.15, 0.2) is 6.10 Å². The molecule has 0 aromatic heterocycles. The summed E-state index contributed by atoms with van der Waals surface area (Å²) in [7, 11) is 0. The molecule has 0 spiro atoms. The first-order valence-electron chi connectivity index (χ1n) is 28.4. The van der Waals surface area contributed by atoms with E-state index in [1.807, 2.05) is 6.08 Å². The van der Waals surface area contributed by atoms with Crippen LogP contribution in [0.15, 0.2) is 109 Å². The molecular formula is C63H104O6. The van der Waals surface area contributed by atoms with Crippen LogP contribution in [0.4, 0.5) is 0 Å². The molecule has 0 fully saturated rings. The molecule has 0 aliphatic heterocycles. The van der Waals surface area contributed by atoms with Gasteiger partial charge in [-0.1, -0.05) is 233 Å². The molecule has 69 heavy (non-hydrogen) atoms. The number of ether oxygens (including phenoxy) is 3. The summed E-state index contributed by atoms with van der Waals surface area (Å²) in [5, 5.41) is 0. The van der Waals surface area contributed by atoms with E-state index in [0.29, 0.717) is 19.3 Å². The molecule has 6 nitrogen and oxygen atoms in total. The molecule has 6 heteroatoms. The predicted octanol–water partition coefficient (Wildman–Crippen LogP) is 19.1. The first kappa shape index (κ1) is 65.1. The van der Waals surface area contributed by atoms with Crippen molar-refractivity contribution < 1.29 is 28.6 Å². The van der Waals surface area contributed by atoms with E-state index >= 15 is 0 Å². The number of carbonyl (C=O) groups excluding carboxylic acids is 3. The van der Waals surface area contributed by atoms with Gasteiger partial charge in [-0.25, -0.2) is 0 Å². The maximum absolute atomic E-state index is 12.9. The molecule has 1 unspecified atom stereocenters. The summed E-state index contributed by atoms with van der Waals surface area (Å²) in [4.78, 5) is 38.1. The number of hydrogen-bond donors (Lipinski definition) is 0. The van der Waals surface area contributed by atoms with Crippen LogP contribution in [-0.4, -0.2) is 37.2 Å². The molecule has 0 saturated heterocycles. The zero-order valence-electron chi connectivity index (χ0n) is 44.8. The summed E-state index contributed by atoms with van der Waals surface area (Å²) in [5.41, 5.74) is 0. The lowest BCUT2D eigenvalue weighted by molar-refractivity contribution is -0.166. The summed E-state index contributed by atoms with van der Waals surface area (Å²) >= 11 is 0. The Labute approximate surface area is 425 Å². The standard InChI is InChI=1S/C63H104O6/c1-4-7-10-13-16-19-22-25-27-29-31-33-35-38-41-44-47-50-53-56-62(65)68-59-60(58-67-61(64)55-52-49-46-43-40-37-24-21-18-15-12-9-6-3)69-63(66)57-54-51-48-45-42-39-36-34-32-30-28-26-23-20-17-14-11-8-5-2/h7,10,16-17,19-20,23,25-27,31,33,37-38,40-41,47,50,60H,4-6,8-9,11-15,18,21-22,24,28-30,32,34-36,39,42-46,48-49,51-59H2,1-3H3/b10-7-,19-16-,20-17-,26-23-,27-25-,33-31-,40-37-,41-38-,50-47-. The second kappa shape index (κ2) is 56.7. The molecule has 0 aliphatic rings. The number of esters is 3. The van der Waals surface area contributed by atoms with Crippen LogP contribution in [0, 0.1) is 0 Å². The van der Waals surface area contributed by atoms with E-state index < -0.39 is 6.10 Å². The lowest BCUT2D eigenvalue weighted by Crippen LogP contribution is -2.30. The van der Waals surface area contributed by atoms with Crippen LogP contribution in [0.3, 0.4) is 0 Å². The summed E-state index contributed by atoms with van der Waals surface area (Å²) in [6.45, 7) is 6.41. The third-order valence-corrected chi connectivity index (χ3v) is 11.8. The highest BCUT2D eigenvalue weighted by atomic mass is 16.6. The maximum Gasteiger partial charge on any atom is 0.306 e. The number of rotatable bonds is 50. The van der Waals surface area contributed by atoms with Crippen molar-refractivity contribution in [3.8, 4) is 0 Å². The monoisotopic (exact) mass is 957 g/mol. The molecule has 0 bridgehead atoms. The van der Waals surface area contributed by atoms with Crippen molar-refractivity contribution in [1.29, 1.82) is 0 Å². The van der Waals surface area contributed by atoms with E-state index in [1.165, 1.54) is 116 Å². The quantitative estimate of drug-likeness (QED) is 0.0199. The Hall–Kier alpha value is -3.93. The molecule has 0 radical (unpaired) electrons. The third-order valence-electron chi connectivity index (χ3n) is 11.8. The van der Waals surface area contributed by atoms with Gasteiger partial charge in [0.1, 0.15) is 13.2 Å². The Morgan fingerprint density at radius 1 is 0.319 bits per heavy atom. The van der Waals surface area contributed by atoms with Crippen molar-refractivity contribution in [3.05, 3.63) is 109 Å². The van der Waals surface area contributed by atoms with Crippen molar-refractivity contribution in [1.82, 2.24) is 0 Å². The minimum atomic E-state index is -0.818. The van der Waals surface area contributed by atoms with Gasteiger partial charge in [0.2, 0.25) is 0 Å². The van der Waals surface area contributed by atoms with Crippen molar-refractivity contribution >= 4 is 17.9 Å². The number of allylic oxidation sites excluding steroid dienone is 18. The van der Waals surface area contributed by atoms with Gasteiger partial charge >= 0.3 is 17.9 Å². The summed E-state index contributed by atoms with van der Waals surface area (Å²) in [6.07, 6.45) is 76.6. The molecule has 0 rings (SSSR count). The van der Waals surface area contributed by atoms with Gasteiger partial charge in [0.25, 0.3) is 0 Å². The van der Waals surface area contributed by atoms with E-state index in [9.17, 15) is 14.4 Å². The SMILES string of the molecule is CC/C=C\C/C=C\C/C=C\C/C=C\C/C=C\C/C=C\CCC(=O)OCC(COC(=O)CCCCC/C=C\CCCCCCCC)OC(=O)CCCCCCCCCCCC/C=C\C=C/CCCCC. The fourth-order valence-electron chi connectivity index (χ4n) is 7.51. The molecule has 0 saturated carbocycles. The second-order valence-corrected chi connectivity index (χ2v) is 18.5. The van der Waals surface area contributed by atoms with Gasteiger partial charge in [-0.3, -0.25) is 14.4 Å². The highest BCUT2D eigenvalue weighted by Crippen LogP contribution is 2.14. The first-order valence-corrected chi connectivity index (χ1v) is 28.4. The highest BCUT2D eigenvalue weighted by Gasteiger charge is 2.19. The first-order chi connectivity index (χ1) is 34.0. The van der Waals surface area contributed by atoms with Gasteiger partial charge < -0.3 is 14.2 Å². The van der Waals surface area contributed by atoms with E-state index in [4.69, 9.17) is 14.2 Å². The fourth-order valence-corrected chi connectivity index (χ4v) is 7.51. The van der Waals surface area contributed by atoms with Crippen LogP contribution >= 0.6 is 0 Å². The van der Waals surface area contributed by atoms with Crippen LogP contribution < -0.4 is 0 Å². The summed E-state index contributed by atoms with van der Waals surface area (Å²) < 4.78 is 16.8. The average molecular weight is 958 g/mol. The number of unbranched alkanes of at least 4 members (excludes halogenated alkanes) is 22. The van der Waals surface area contributed by atoms with Gasteiger partial charge in [-0.05, 0) is 109 Å². The lowest BCUT2D eigenvalue weighted by Gasteiger charge is -2.18. The van der Waals surface area contributed by atoms with Gasteiger partial charge in [-0.15, -0.1) is 0 Å². The molecule has 0 aromatic rings. The average Bonchev–Trinajstić information content (AvgIpc) is 3.35. The van der Waals surface area contributed by atoms with E-state index in [1.54, 1.807) is 0 Å². The Balaban J connectivity index is 4.51. The second-order valence-electron chi connectivity index (χ2n) is 18.5. The molecule has 0 amide bonds. The Bertz CT molecular complexity index is 1420. The van der Waals surface area contributed by atoms with E-state index in [2.05, 4.69) is 124 Å². The largest absolute Gasteiger partial charge is 0.462 e. The van der Waals surface area contributed by atoms with Crippen LogP contribution in [0.5, 0.6) is 0 Å². The molecule has 0 aliphatic carbocycles. The normalized spacial score (nSPS) is 12.9. The highest BCUT2D eigenvalue weighted by molar-refractivity contribution is 5.71. The zero-order valence-corrected chi connectivity index (χ0v) is 44.8. The van der Waals surface area contributed by atoms with E-state index in [0.717, 1.165) is 89.9 Å². The smallest absolute Gasteiger partial charge is 0.306 e. The van der Waals surface area contributed by atoms with Crippen LogP contribution in [0.2, 0.25) is 0 Å². The molecular weight excluding hydrogens is 853 g/mol. The molecule has 1 atom stereocenters. The predicted molar refractivity (Wildman–Crippen MR) is 297 cm³/mol. The van der Waals surface area contributed by atoms with Crippen LogP contribution in [0.25, 0.3) is 0 Å². The number of hydrogen-bond acceptors (Lipinski definition) is 6. The van der Waals surface area contributed by atoms with Crippen molar-refractivity contribution in [2.45, 2.75) is 258 Å². The summed E-state index contributed by atoms with van der Waals surface area (Å²) in [5.74, 6) is -1.02. The third kappa shape index (κ3) is 54.9. The minimum Gasteiger partial charge on any atom is -0.462 e.